The van der Waals surface area contributed by atoms with Gasteiger partial charge in [-0.25, -0.2) is 8.42 Å². The third-order valence-electron chi connectivity index (χ3n) is 5.59. The van der Waals surface area contributed by atoms with Crippen molar-refractivity contribution in [2.45, 2.75) is 36.1 Å². The molecule has 0 radical (unpaired) electrons. The normalized spacial score (nSPS) is 24.0. The fraction of sp³-hybridized carbons (Fsp3) is 0.556. The zero-order valence-electron chi connectivity index (χ0n) is 15.2. The third-order valence-corrected chi connectivity index (χ3v) is 7.48. The van der Waals surface area contributed by atoms with Gasteiger partial charge in [0, 0.05) is 32.0 Å². The molecule has 1 aliphatic carbocycles. The summed E-state index contributed by atoms with van der Waals surface area (Å²) < 4.78 is 39.2. The highest BCUT2D eigenvalue weighted by molar-refractivity contribution is 7.89. The van der Waals surface area contributed by atoms with Crippen LogP contribution in [-0.4, -0.2) is 61.1 Å². The molecule has 0 bridgehead atoms. The van der Waals surface area contributed by atoms with Crippen LogP contribution in [0.15, 0.2) is 27.6 Å². The van der Waals surface area contributed by atoms with Crippen LogP contribution in [0.25, 0.3) is 0 Å². The lowest BCUT2D eigenvalue weighted by molar-refractivity contribution is 0.120. The first kappa shape index (κ1) is 17.2. The van der Waals surface area contributed by atoms with Crippen molar-refractivity contribution in [2.75, 3.05) is 33.3 Å². The minimum atomic E-state index is -3.66. The van der Waals surface area contributed by atoms with Crippen molar-refractivity contribution < 1.29 is 17.7 Å². The highest BCUT2D eigenvalue weighted by Crippen LogP contribution is 2.39. The van der Waals surface area contributed by atoms with Gasteiger partial charge < -0.3 is 9.26 Å². The molecule has 1 saturated heterocycles. The second-order valence-electron chi connectivity index (χ2n) is 7.47. The maximum Gasteiger partial charge on any atom is 0.246 e. The Morgan fingerprint density at radius 3 is 2.89 bits per heavy atom. The summed E-state index contributed by atoms with van der Waals surface area (Å²) in [6.07, 6.45) is 2.94. The van der Waals surface area contributed by atoms with Crippen LogP contribution in [0.4, 0.5) is 0 Å². The number of aromatic nitrogens is 2. The van der Waals surface area contributed by atoms with Crippen LogP contribution in [-0.2, 0) is 16.4 Å². The van der Waals surface area contributed by atoms with Crippen molar-refractivity contribution in [1.82, 2.24) is 19.3 Å². The predicted molar refractivity (Wildman–Crippen MR) is 96.0 cm³/mol. The highest BCUT2D eigenvalue weighted by atomic mass is 32.2. The number of para-hydroxylation sites is 1. The first-order valence-electron chi connectivity index (χ1n) is 9.32. The highest BCUT2D eigenvalue weighted by Gasteiger charge is 2.39. The average molecular weight is 390 g/mol. The molecule has 0 unspecified atom stereocenters. The maximum absolute atomic E-state index is 13.3. The van der Waals surface area contributed by atoms with Gasteiger partial charge in [0.1, 0.15) is 16.7 Å². The molecule has 0 N–H and O–H groups in total. The van der Waals surface area contributed by atoms with Gasteiger partial charge in [-0.1, -0.05) is 17.3 Å². The van der Waals surface area contributed by atoms with Crippen molar-refractivity contribution in [3.63, 3.8) is 0 Å². The molecular formula is C18H22N4O4S. The van der Waals surface area contributed by atoms with Crippen molar-refractivity contribution in [2.24, 2.45) is 0 Å². The molecule has 0 amide bonds. The Bertz CT molecular complexity index is 969. The van der Waals surface area contributed by atoms with Crippen molar-refractivity contribution >= 4 is 10.0 Å². The first-order chi connectivity index (χ1) is 13.0. The van der Waals surface area contributed by atoms with E-state index in [2.05, 4.69) is 15.0 Å². The summed E-state index contributed by atoms with van der Waals surface area (Å²) in [4.78, 5) is 6.85. The molecule has 3 aliphatic rings. The number of ether oxygens (including phenoxy) is 1. The van der Waals surface area contributed by atoms with Gasteiger partial charge in [-0.05, 0) is 31.5 Å². The monoisotopic (exact) mass is 390 g/mol. The predicted octanol–water partition coefficient (Wildman–Crippen LogP) is 1.56. The van der Waals surface area contributed by atoms with E-state index in [-0.39, 0.29) is 17.5 Å². The zero-order valence-corrected chi connectivity index (χ0v) is 16.0. The third kappa shape index (κ3) is 2.94. The number of nitrogens with zero attached hydrogens (tertiary/aromatic N) is 4. The minimum Gasteiger partial charge on any atom is -0.492 e. The molecule has 27 heavy (non-hydrogen) atoms. The molecule has 9 heteroatoms. The van der Waals surface area contributed by atoms with E-state index in [9.17, 15) is 8.42 Å². The molecule has 1 saturated carbocycles. The Morgan fingerprint density at radius 1 is 1.22 bits per heavy atom. The summed E-state index contributed by atoms with van der Waals surface area (Å²) in [7, 11) is -1.70. The molecule has 1 atom stereocenters. The summed E-state index contributed by atoms with van der Waals surface area (Å²) >= 11 is 0. The summed E-state index contributed by atoms with van der Waals surface area (Å²) in [5.41, 5.74) is 0.952. The van der Waals surface area contributed by atoms with Crippen molar-refractivity contribution in [3.05, 3.63) is 35.5 Å². The molecular weight excluding hydrogens is 368 g/mol. The van der Waals surface area contributed by atoms with E-state index in [0.29, 0.717) is 37.3 Å². The minimum absolute atomic E-state index is 0.244. The number of hydrogen-bond acceptors (Lipinski definition) is 7. The number of sulfonamides is 1. The van der Waals surface area contributed by atoms with Gasteiger partial charge in [0.2, 0.25) is 15.9 Å². The smallest absolute Gasteiger partial charge is 0.246 e. The second kappa shape index (κ2) is 6.29. The number of likely N-dealkylation sites (N-methyl/N-ethyl adjacent to an activating group) is 1. The standard InChI is InChI=1S/C18H22N4O4S/c1-21-8-9-22(11-14(21)18-19-17(20-26-18)13-5-6-13)27(23,24)15-4-2-3-12-7-10-25-16(12)15/h2-4,13-14H,5-11H2,1H3/t14-/m0/s1. The molecule has 2 aromatic rings. The number of piperazine rings is 1. The first-order valence-corrected chi connectivity index (χ1v) is 10.8. The molecule has 1 aromatic heterocycles. The lowest BCUT2D eigenvalue weighted by Gasteiger charge is -2.36. The summed E-state index contributed by atoms with van der Waals surface area (Å²) in [6, 6.07) is 5.09. The van der Waals surface area contributed by atoms with E-state index < -0.39 is 10.0 Å². The second-order valence-corrected chi connectivity index (χ2v) is 9.37. The van der Waals surface area contributed by atoms with Gasteiger partial charge in [-0.15, -0.1) is 0 Å². The molecule has 2 fully saturated rings. The summed E-state index contributed by atoms with van der Waals surface area (Å²) in [5, 5.41) is 4.08. The molecule has 3 heterocycles. The summed E-state index contributed by atoms with van der Waals surface area (Å²) in [5.74, 6) is 2.14. The van der Waals surface area contributed by atoms with Gasteiger partial charge >= 0.3 is 0 Å². The van der Waals surface area contributed by atoms with Crippen LogP contribution in [0.3, 0.4) is 0 Å². The topological polar surface area (TPSA) is 88.8 Å². The zero-order chi connectivity index (χ0) is 18.6. The molecule has 8 nitrogen and oxygen atoms in total. The Hall–Kier alpha value is -1.97. The number of benzene rings is 1. The lowest BCUT2D eigenvalue weighted by Crippen LogP contribution is -2.49. The maximum atomic E-state index is 13.3. The van der Waals surface area contributed by atoms with Crippen LogP contribution in [0.5, 0.6) is 5.75 Å². The van der Waals surface area contributed by atoms with Gasteiger partial charge in [-0.2, -0.15) is 9.29 Å². The molecule has 5 rings (SSSR count). The Balaban J connectivity index is 1.44. The molecule has 2 aliphatic heterocycles. The van der Waals surface area contributed by atoms with E-state index in [1.807, 2.05) is 13.1 Å². The fourth-order valence-corrected chi connectivity index (χ4v) is 5.36. The average Bonchev–Trinajstić information content (AvgIpc) is 3.20. The van der Waals surface area contributed by atoms with Crippen molar-refractivity contribution in [3.8, 4) is 5.75 Å². The lowest BCUT2D eigenvalue weighted by atomic mass is 10.2. The Kier molecular flexibility index (Phi) is 3.99. The van der Waals surface area contributed by atoms with E-state index in [4.69, 9.17) is 9.26 Å². The molecule has 144 valence electrons. The van der Waals surface area contributed by atoms with E-state index in [0.717, 1.165) is 30.7 Å². The SMILES string of the molecule is CN1CCN(S(=O)(=O)c2cccc3c2OCC3)C[C@H]1c1nc(C2CC2)no1. The van der Waals surface area contributed by atoms with Crippen molar-refractivity contribution in [1.29, 1.82) is 0 Å². The van der Waals surface area contributed by atoms with Crippen LogP contribution in [0.2, 0.25) is 0 Å². The molecule has 0 spiro atoms. The Labute approximate surface area is 158 Å². The van der Waals surface area contributed by atoms with Crippen LogP contribution in [0, 0.1) is 0 Å². The fourth-order valence-electron chi connectivity index (χ4n) is 3.75. The number of rotatable bonds is 4. The van der Waals surface area contributed by atoms with Crippen LogP contribution >= 0.6 is 0 Å². The number of hydrogen-bond donors (Lipinski definition) is 0. The van der Waals surface area contributed by atoms with Gasteiger partial charge in [0.25, 0.3) is 0 Å². The van der Waals surface area contributed by atoms with Crippen LogP contribution in [0.1, 0.15) is 42.1 Å². The largest absolute Gasteiger partial charge is 0.492 e. The van der Waals surface area contributed by atoms with E-state index in [1.165, 1.54) is 4.31 Å². The Morgan fingerprint density at radius 2 is 2.07 bits per heavy atom. The summed E-state index contributed by atoms with van der Waals surface area (Å²) in [6.45, 7) is 1.83. The number of fused-ring (bicyclic) bond motifs is 1. The van der Waals surface area contributed by atoms with Gasteiger partial charge in [0.15, 0.2) is 5.82 Å². The van der Waals surface area contributed by atoms with Crippen LogP contribution < -0.4 is 4.74 Å². The van der Waals surface area contributed by atoms with Gasteiger partial charge in [-0.3, -0.25) is 4.90 Å². The van der Waals surface area contributed by atoms with E-state index in [1.54, 1.807) is 12.1 Å². The van der Waals surface area contributed by atoms with E-state index >= 15 is 0 Å². The van der Waals surface area contributed by atoms with Gasteiger partial charge in [0.05, 0.1) is 6.61 Å². The quantitative estimate of drug-likeness (QED) is 0.783. The molecule has 1 aromatic carbocycles.